The molecule has 42 heavy (non-hydrogen) atoms. The molecule has 3 N–H and O–H groups in total. The van der Waals surface area contributed by atoms with Gasteiger partial charge in [-0.1, -0.05) is 54.6 Å². The van der Waals surface area contributed by atoms with Crippen molar-refractivity contribution in [1.82, 2.24) is 20.5 Å². The molecule has 0 aliphatic carbocycles. The fourth-order valence-corrected chi connectivity index (χ4v) is 5.34. The number of rotatable bonds is 13. The van der Waals surface area contributed by atoms with Crippen LogP contribution in [0.1, 0.15) is 54.5 Å². The zero-order valence-corrected chi connectivity index (χ0v) is 24.3. The Balaban J connectivity index is 1.42. The van der Waals surface area contributed by atoms with Crippen LogP contribution < -0.4 is 10.6 Å². The number of carbonyl (C=O) groups excluding carboxylic acids is 2. The summed E-state index contributed by atoms with van der Waals surface area (Å²) in [5, 5.41) is 19.9. The fourth-order valence-electron chi connectivity index (χ4n) is 4.51. The summed E-state index contributed by atoms with van der Waals surface area (Å²) in [5.41, 5.74) is 3.09. The second-order valence-corrected chi connectivity index (χ2v) is 11.1. The Labute approximate surface area is 248 Å². The SMILES string of the molecule is Cc1csc(CN(C)C(=O)c2cccc(C(=O)N[C@@H](Cc3ccccc3)[C@H](O)CNCc3cccc(C(F)F)c3)c2)n1. The molecule has 3 aromatic carbocycles. The van der Waals surface area contributed by atoms with Crippen LogP contribution in [-0.4, -0.2) is 52.5 Å². The minimum atomic E-state index is -2.56. The van der Waals surface area contributed by atoms with E-state index in [-0.39, 0.29) is 24.6 Å². The zero-order chi connectivity index (χ0) is 30.1. The molecule has 10 heteroatoms. The number of thiazole rings is 1. The molecule has 0 bridgehead atoms. The maximum Gasteiger partial charge on any atom is 0.263 e. The van der Waals surface area contributed by atoms with Crippen LogP contribution >= 0.6 is 11.3 Å². The molecule has 1 aromatic heterocycles. The maximum atomic E-state index is 13.3. The van der Waals surface area contributed by atoms with Gasteiger partial charge < -0.3 is 20.6 Å². The van der Waals surface area contributed by atoms with Crippen LogP contribution in [0.5, 0.6) is 0 Å². The highest BCUT2D eigenvalue weighted by Crippen LogP contribution is 2.19. The molecule has 2 amide bonds. The highest BCUT2D eigenvalue weighted by atomic mass is 32.1. The van der Waals surface area contributed by atoms with E-state index in [1.54, 1.807) is 48.3 Å². The van der Waals surface area contributed by atoms with Gasteiger partial charge >= 0.3 is 0 Å². The van der Waals surface area contributed by atoms with E-state index >= 15 is 0 Å². The maximum absolute atomic E-state index is 13.3. The van der Waals surface area contributed by atoms with Crippen molar-refractivity contribution >= 4 is 23.2 Å². The monoisotopic (exact) mass is 592 g/mol. The third-order valence-electron chi connectivity index (χ3n) is 6.72. The summed E-state index contributed by atoms with van der Waals surface area (Å²) in [7, 11) is 1.69. The number of benzene rings is 3. The number of aromatic nitrogens is 1. The molecule has 0 unspecified atom stereocenters. The Bertz CT molecular complexity index is 1480. The predicted molar refractivity (Wildman–Crippen MR) is 160 cm³/mol. The summed E-state index contributed by atoms with van der Waals surface area (Å²) in [4.78, 5) is 32.4. The molecule has 1 heterocycles. The number of amides is 2. The number of hydrogen-bond acceptors (Lipinski definition) is 6. The van der Waals surface area contributed by atoms with Gasteiger partial charge in [0.05, 0.1) is 18.7 Å². The first kappa shape index (κ1) is 31.0. The van der Waals surface area contributed by atoms with E-state index in [1.807, 2.05) is 42.6 Å². The van der Waals surface area contributed by atoms with Crippen LogP contribution in [0.3, 0.4) is 0 Å². The summed E-state index contributed by atoms with van der Waals surface area (Å²) in [6.45, 7) is 2.66. The van der Waals surface area contributed by atoms with Gasteiger partial charge in [0.1, 0.15) is 5.01 Å². The minimum Gasteiger partial charge on any atom is -0.390 e. The summed E-state index contributed by atoms with van der Waals surface area (Å²) in [6.07, 6.45) is -3.17. The van der Waals surface area contributed by atoms with Crippen LogP contribution in [0, 0.1) is 6.92 Å². The first-order valence-electron chi connectivity index (χ1n) is 13.6. The van der Waals surface area contributed by atoms with Gasteiger partial charge in [-0.15, -0.1) is 11.3 Å². The number of halogens is 2. The Hall–Kier alpha value is -3.99. The van der Waals surface area contributed by atoms with E-state index in [2.05, 4.69) is 15.6 Å². The first-order chi connectivity index (χ1) is 20.2. The third-order valence-corrected chi connectivity index (χ3v) is 7.67. The van der Waals surface area contributed by atoms with Gasteiger partial charge in [-0.05, 0) is 48.7 Å². The standard InChI is InChI=1S/C32H34F2N4O3S/c1-21-20-42-29(36-21)19-38(2)32(41)26-13-7-12-25(16-26)31(40)37-27(15-22-8-4-3-5-9-22)28(39)18-35-17-23-10-6-11-24(14-23)30(33)34/h3-14,16,20,27-28,30,35,39H,15,17-19H2,1-2H3,(H,37,40)/t27-,28+/m0/s1. The molecule has 220 valence electrons. The summed E-state index contributed by atoms with van der Waals surface area (Å²) < 4.78 is 26.1. The minimum absolute atomic E-state index is 0.0609. The van der Waals surface area contributed by atoms with E-state index in [4.69, 9.17) is 0 Å². The van der Waals surface area contributed by atoms with Crippen LogP contribution in [0.25, 0.3) is 0 Å². The fraction of sp³-hybridized carbons (Fsp3) is 0.281. The molecule has 2 atom stereocenters. The molecule has 4 aromatic rings. The Morgan fingerprint density at radius 1 is 0.976 bits per heavy atom. The molecular formula is C32H34F2N4O3S. The van der Waals surface area contributed by atoms with Crippen LogP contribution in [0.4, 0.5) is 8.78 Å². The van der Waals surface area contributed by atoms with Crippen LogP contribution in [-0.2, 0) is 19.5 Å². The lowest BCUT2D eigenvalue weighted by Crippen LogP contribution is -2.48. The third kappa shape index (κ3) is 8.75. The molecule has 0 saturated carbocycles. The lowest BCUT2D eigenvalue weighted by molar-refractivity contribution is 0.0784. The molecular weight excluding hydrogens is 558 g/mol. The highest BCUT2D eigenvalue weighted by molar-refractivity contribution is 7.09. The molecule has 4 rings (SSSR count). The van der Waals surface area contributed by atoms with E-state index in [0.717, 1.165) is 16.3 Å². The number of carbonyl (C=O) groups is 2. The van der Waals surface area contributed by atoms with E-state index < -0.39 is 24.5 Å². The summed E-state index contributed by atoms with van der Waals surface area (Å²) in [6, 6.07) is 21.4. The van der Waals surface area contributed by atoms with Gasteiger partial charge in [-0.25, -0.2) is 13.8 Å². The van der Waals surface area contributed by atoms with Gasteiger partial charge in [0, 0.05) is 47.9 Å². The van der Waals surface area contributed by atoms with Crippen molar-refractivity contribution in [2.24, 2.45) is 0 Å². The van der Waals surface area contributed by atoms with E-state index in [1.165, 1.54) is 23.5 Å². The largest absolute Gasteiger partial charge is 0.390 e. The van der Waals surface area contributed by atoms with Crippen molar-refractivity contribution in [3.8, 4) is 0 Å². The smallest absolute Gasteiger partial charge is 0.263 e. The van der Waals surface area contributed by atoms with E-state index in [9.17, 15) is 23.5 Å². The number of nitrogens with zero attached hydrogens (tertiary/aromatic N) is 2. The normalized spacial score (nSPS) is 12.6. The predicted octanol–water partition coefficient (Wildman–Crippen LogP) is 5.15. The topological polar surface area (TPSA) is 94.6 Å². The number of hydrogen-bond donors (Lipinski definition) is 3. The van der Waals surface area contributed by atoms with Crippen LogP contribution in [0.2, 0.25) is 0 Å². The summed E-state index contributed by atoms with van der Waals surface area (Å²) in [5.74, 6) is -0.661. The Morgan fingerprint density at radius 3 is 2.40 bits per heavy atom. The average Bonchev–Trinajstić information content (AvgIpc) is 3.41. The molecule has 0 aliphatic rings. The lowest BCUT2D eigenvalue weighted by Gasteiger charge is -2.25. The van der Waals surface area contributed by atoms with Gasteiger partial charge in [0.15, 0.2) is 0 Å². The molecule has 0 spiro atoms. The lowest BCUT2D eigenvalue weighted by atomic mass is 10.00. The number of alkyl halides is 2. The van der Waals surface area contributed by atoms with Gasteiger partial charge in [0.2, 0.25) is 0 Å². The highest BCUT2D eigenvalue weighted by Gasteiger charge is 2.23. The van der Waals surface area contributed by atoms with Crippen molar-refractivity contribution in [2.75, 3.05) is 13.6 Å². The number of nitrogens with one attached hydrogen (secondary N) is 2. The van der Waals surface area contributed by atoms with Crippen molar-refractivity contribution in [1.29, 1.82) is 0 Å². The first-order valence-corrected chi connectivity index (χ1v) is 14.4. The molecule has 0 radical (unpaired) electrons. The van der Waals surface area contributed by atoms with Crippen molar-refractivity contribution in [2.45, 2.75) is 45.0 Å². The molecule has 0 fully saturated rings. The van der Waals surface area contributed by atoms with Crippen molar-refractivity contribution in [3.63, 3.8) is 0 Å². The average molecular weight is 593 g/mol. The summed E-state index contributed by atoms with van der Waals surface area (Å²) >= 11 is 1.49. The quantitative estimate of drug-likeness (QED) is 0.200. The van der Waals surface area contributed by atoms with Gasteiger partial charge in [-0.2, -0.15) is 0 Å². The Morgan fingerprint density at radius 2 is 1.69 bits per heavy atom. The van der Waals surface area contributed by atoms with Gasteiger partial charge in [0.25, 0.3) is 18.2 Å². The Kier molecular flexibility index (Phi) is 10.9. The zero-order valence-electron chi connectivity index (χ0n) is 23.5. The number of aryl methyl sites for hydroxylation is 1. The van der Waals surface area contributed by atoms with Crippen molar-refractivity contribution < 1.29 is 23.5 Å². The second-order valence-electron chi connectivity index (χ2n) is 10.1. The second kappa shape index (κ2) is 14.8. The molecule has 7 nitrogen and oxygen atoms in total. The molecule has 0 aliphatic heterocycles. The number of aliphatic hydroxyl groups is 1. The van der Waals surface area contributed by atoms with Crippen LogP contribution in [0.15, 0.2) is 84.2 Å². The van der Waals surface area contributed by atoms with E-state index in [0.29, 0.717) is 29.7 Å². The van der Waals surface area contributed by atoms with Crippen molar-refractivity contribution in [3.05, 3.63) is 123 Å². The number of aliphatic hydroxyl groups excluding tert-OH is 1. The van der Waals surface area contributed by atoms with Gasteiger partial charge in [-0.3, -0.25) is 9.59 Å². The molecule has 0 saturated heterocycles.